The Balaban J connectivity index is 2.60. The van der Waals surface area contributed by atoms with Crippen LogP contribution in [0.3, 0.4) is 0 Å². The van der Waals surface area contributed by atoms with Crippen molar-refractivity contribution in [2.45, 2.75) is 19.8 Å². The standard InChI is InChI=1S/C6H14OS2/c1-2-5-8-9-6-3-4-7/h7H,2-6H2,1H3. The van der Waals surface area contributed by atoms with Crippen LogP contribution in [0.5, 0.6) is 0 Å². The van der Waals surface area contributed by atoms with Gasteiger partial charge < -0.3 is 5.11 Å². The second-order valence-electron chi connectivity index (χ2n) is 1.72. The molecule has 0 aromatic heterocycles. The van der Waals surface area contributed by atoms with Gasteiger partial charge in [-0.2, -0.15) is 0 Å². The van der Waals surface area contributed by atoms with Crippen LogP contribution in [0, 0.1) is 0 Å². The zero-order valence-corrected chi connectivity index (χ0v) is 7.43. The van der Waals surface area contributed by atoms with Gasteiger partial charge in [0.05, 0.1) is 0 Å². The summed E-state index contributed by atoms with van der Waals surface area (Å²) in [6.07, 6.45) is 2.18. The van der Waals surface area contributed by atoms with Crippen LogP contribution in [0.4, 0.5) is 0 Å². The van der Waals surface area contributed by atoms with E-state index in [-0.39, 0.29) is 0 Å². The molecule has 0 fully saturated rings. The fraction of sp³-hybridized carbons (Fsp3) is 1.00. The predicted octanol–water partition coefficient (Wildman–Crippen LogP) is 2.16. The van der Waals surface area contributed by atoms with Gasteiger partial charge in [-0.15, -0.1) is 0 Å². The van der Waals surface area contributed by atoms with Crippen LogP contribution < -0.4 is 0 Å². The minimum absolute atomic E-state index is 0.333. The molecule has 0 radical (unpaired) electrons. The van der Waals surface area contributed by atoms with Crippen molar-refractivity contribution in [3.8, 4) is 0 Å². The Bertz CT molecular complexity index is 44.3. The maximum atomic E-state index is 8.40. The zero-order valence-electron chi connectivity index (χ0n) is 5.80. The van der Waals surface area contributed by atoms with Gasteiger partial charge in [0.25, 0.3) is 0 Å². The van der Waals surface area contributed by atoms with E-state index in [1.165, 1.54) is 12.2 Å². The molecule has 0 saturated heterocycles. The van der Waals surface area contributed by atoms with Crippen molar-refractivity contribution in [3.63, 3.8) is 0 Å². The molecule has 0 amide bonds. The molecule has 0 aliphatic rings. The first-order valence-corrected chi connectivity index (χ1v) is 5.76. The monoisotopic (exact) mass is 166 g/mol. The van der Waals surface area contributed by atoms with Crippen molar-refractivity contribution in [2.75, 3.05) is 18.1 Å². The van der Waals surface area contributed by atoms with Crippen molar-refractivity contribution in [1.82, 2.24) is 0 Å². The van der Waals surface area contributed by atoms with Crippen LogP contribution in [0.1, 0.15) is 19.8 Å². The number of aliphatic hydroxyl groups is 1. The average molecular weight is 166 g/mol. The Morgan fingerprint density at radius 3 is 2.44 bits per heavy atom. The maximum absolute atomic E-state index is 8.40. The van der Waals surface area contributed by atoms with Crippen molar-refractivity contribution < 1.29 is 5.11 Å². The van der Waals surface area contributed by atoms with Crippen molar-refractivity contribution in [2.24, 2.45) is 0 Å². The summed E-state index contributed by atoms with van der Waals surface area (Å²) in [5, 5.41) is 8.40. The van der Waals surface area contributed by atoms with Gasteiger partial charge in [-0.3, -0.25) is 0 Å². The molecular formula is C6H14OS2. The van der Waals surface area contributed by atoms with Gasteiger partial charge in [0.2, 0.25) is 0 Å². The molecule has 1 N–H and O–H groups in total. The molecule has 0 rings (SSSR count). The Morgan fingerprint density at radius 1 is 1.22 bits per heavy atom. The fourth-order valence-electron chi connectivity index (χ4n) is 0.325. The topological polar surface area (TPSA) is 20.2 Å². The SMILES string of the molecule is CCCSSCCCO. The van der Waals surface area contributed by atoms with Gasteiger partial charge >= 0.3 is 0 Å². The highest BCUT2D eigenvalue weighted by Gasteiger charge is 1.86. The van der Waals surface area contributed by atoms with Gasteiger partial charge in [-0.25, -0.2) is 0 Å². The Labute approximate surface area is 65.0 Å². The average Bonchev–Trinajstić information content (AvgIpc) is 1.89. The van der Waals surface area contributed by atoms with Crippen LogP contribution in [-0.4, -0.2) is 23.2 Å². The third-order valence-corrected chi connectivity index (χ3v) is 3.45. The summed E-state index contributed by atoms with van der Waals surface area (Å²) < 4.78 is 0. The van der Waals surface area contributed by atoms with E-state index in [1.807, 2.05) is 21.6 Å². The number of hydrogen-bond acceptors (Lipinski definition) is 3. The molecule has 0 saturated carbocycles. The summed E-state index contributed by atoms with van der Waals surface area (Å²) in [6, 6.07) is 0. The summed E-state index contributed by atoms with van der Waals surface area (Å²) in [5.41, 5.74) is 0. The van der Waals surface area contributed by atoms with Crippen molar-refractivity contribution in [3.05, 3.63) is 0 Å². The van der Waals surface area contributed by atoms with Crippen molar-refractivity contribution in [1.29, 1.82) is 0 Å². The third-order valence-electron chi connectivity index (χ3n) is 0.757. The smallest absolute Gasteiger partial charge is 0.0439 e. The Kier molecular flexibility index (Phi) is 9.30. The van der Waals surface area contributed by atoms with Crippen LogP contribution in [0.25, 0.3) is 0 Å². The lowest BCUT2D eigenvalue weighted by atomic mass is 10.5. The van der Waals surface area contributed by atoms with E-state index in [4.69, 9.17) is 5.11 Å². The fourth-order valence-corrected chi connectivity index (χ4v) is 2.53. The molecule has 0 bridgehead atoms. The van der Waals surface area contributed by atoms with E-state index >= 15 is 0 Å². The van der Waals surface area contributed by atoms with E-state index in [0.29, 0.717) is 6.61 Å². The normalized spacial score (nSPS) is 10.0. The van der Waals surface area contributed by atoms with E-state index in [9.17, 15) is 0 Å². The van der Waals surface area contributed by atoms with Gasteiger partial charge in [-0.1, -0.05) is 28.5 Å². The van der Waals surface area contributed by atoms with Crippen LogP contribution in [0.15, 0.2) is 0 Å². The van der Waals surface area contributed by atoms with Crippen LogP contribution in [0.2, 0.25) is 0 Å². The van der Waals surface area contributed by atoms with Crippen LogP contribution >= 0.6 is 21.6 Å². The van der Waals surface area contributed by atoms with Gasteiger partial charge in [0.1, 0.15) is 0 Å². The highest BCUT2D eigenvalue weighted by molar-refractivity contribution is 8.76. The molecule has 0 spiro atoms. The molecule has 0 aliphatic heterocycles. The molecule has 0 aromatic carbocycles. The van der Waals surface area contributed by atoms with E-state index in [2.05, 4.69) is 6.92 Å². The highest BCUT2D eigenvalue weighted by Crippen LogP contribution is 2.21. The second kappa shape index (κ2) is 8.66. The molecular weight excluding hydrogens is 152 g/mol. The molecule has 9 heavy (non-hydrogen) atoms. The van der Waals surface area contributed by atoms with Crippen LogP contribution in [-0.2, 0) is 0 Å². The summed E-state index contributed by atoms with van der Waals surface area (Å²) in [4.78, 5) is 0. The summed E-state index contributed by atoms with van der Waals surface area (Å²) in [7, 11) is 3.76. The molecule has 0 aliphatic carbocycles. The lowest BCUT2D eigenvalue weighted by molar-refractivity contribution is 0.296. The number of hydrogen-bond donors (Lipinski definition) is 1. The first-order valence-electron chi connectivity index (χ1n) is 3.27. The van der Waals surface area contributed by atoms with E-state index in [0.717, 1.165) is 12.2 Å². The molecule has 0 heterocycles. The Morgan fingerprint density at radius 2 is 1.89 bits per heavy atom. The highest BCUT2D eigenvalue weighted by atomic mass is 33.1. The maximum Gasteiger partial charge on any atom is 0.0439 e. The van der Waals surface area contributed by atoms with Gasteiger partial charge in [0, 0.05) is 18.1 Å². The van der Waals surface area contributed by atoms with E-state index in [1.54, 1.807) is 0 Å². The summed E-state index contributed by atoms with van der Waals surface area (Å²) >= 11 is 0. The number of rotatable bonds is 6. The predicted molar refractivity (Wildman–Crippen MR) is 46.9 cm³/mol. The lowest BCUT2D eigenvalue weighted by Crippen LogP contribution is -1.83. The lowest BCUT2D eigenvalue weighted by Gasteiger charge is -1.95. The summed E-state index contributed by atoms with van der Waals surface area (Å²) in [5.74, 6) is 2.32. The molecule has 1 nitrogen and oxygen atoms in total. The molecule has 0 atom stereocenters. The van der Waals surface area contributed by atoms with Gasteiger partial charge in [-0.05, 0) is 12.8 Å². The summed E-state index contributed by atoms with van der Waals surface area (Å²) in [6.45, 7) is 2.51. The minimum atomic E-state index is 0.333. The first-order chi connectivity index (χ1) is 4.41. The van der Waals surface area contributed by atoms with Gasteiger partial charge in [0.15, 0.2) is 0 Å². The van der Waals surface area contributed by atoms with E-state index < -0.39 is 0 Å². The molecule has 3 heteroatoms. The molecule has 56 valence electrons. The Hall–Kier alpha value is 0.660. The quantitative estimate of drug-likeness (QED) is 0.482. The first kappa shape index (κ1) is 9.66. The zero-order chi connectivity index (χ0) is 6.95. The molecule has 0 unspecified atom stereocenters. The third kappa shape index (κ3) is 8.66. The second-order valence-corrected chi connectivity index (χ2v) is 4.42. The largest absolute Gasteiger partial charge is 0.396 e. The minimum Gasteiger partial charge on any atom is -0.396 e. The number of aliphatic hydroxyl groups excluding tert-OH is 1. The van der Waals surface area contributed by atoms with Crippen molar-refractivity contribution >= 4 is 21.6 Å². The molecule has 0 aromatic rings.